The van der Waals surface area contributed by atoms with Crippen molar-refractivity contribution in [1.29, 1.82) is 0 Å². The van der Waals surface area contributed by atoms with Gasteiger partial charge < -0.3 is 10.4 Å². The smallest absolute Gasteiger partial charge is 0.416 e. The summed E-state index contributed by atoms with van der Waals surface area (Å²) in [4.78, 5) is 25.6. The fourth-order valence-corrected chi connectivity index (χ4v) is 5.23. The zero-order valence-electron chi connectivity index (χ0n) is 21.8. The van der Waals surface area contributed by atoms with Crippen LogP contribution in [0.1, 0.15) is 58.4 Å². The molecule has 1 amide bonds. The maximum absolute atomic E-state index is 13.4. The normalized spacial score (nSPS) is 14.8. The van der Waals surface area contributed by atoms with Crippen LogP contribution in [0.25, 0.3) is 5.69 Å². The van der Waals surface area contributed by atoms with Gasteiger partial charge in [-0.25, -0.2) is 4.68 Å². The number of nitrogens with one attached hydrogen (secondary N) is 1. The molecule has 2 aromatic carbocycles. The van der Waals surface area contributed by atoms with Crippen molar-refractivity contribution >= 4 is 5.91 Å². The van der Waals surface area contributed by atoms with Crippen molar-refractivity contribution < 1.29 is 23.1 Å². The first-order chi connectivity index (χ1) is 19.0. The van der Waals surface area contributed by atoms with Crippen LogP contribution in [-0.2, 0) is 24.7 Å². The van der Waals surface area contributed by atoms with Gasteiger partial charge in [-0.05, 0) is 43.5 Å². The molecular formula is C29H28F3N5O3. The number of halogens is 3. The lowest BCUT2D eigenvalue weighted by Gasteiger charge is -2.31. The van der Waals surface area contributed by atoms with Crippen LogP contribution in [-0.4, -0.2) is 30.6 Å². The summed E-state index contributed by atoms with van der Waals surface area (Å²) in [5.41, 5.74) is 0.307. The van der Waals surface area contributed by atoms with E-state index in [0.717, 1.165) is 42.4 Å². The van der Waals surface area contributed by atoms with E-state index < -0.39 is 39.9 Å². The Morgan fingerprint density at radius 1 is 1.10 bits per heavy atom. The molecule has 0 bridgehead atoms. The molecule has 40 heavy (non-hydrogen) atoms. The van der Waals surface area contributed by atoms with E-state index in [1.54, 1.807) is 23.1 Å². The Bertz CT molecular complexity index is 1590. The average Bonchev–Trinajstić information content (AvgIpc) is 3.60. The molecule has 11 heteroatoms. The van der Waals surface area contributed by atoms with Crippen molar-refractivity contribution in [3.63, 3.8) is 0 Å². The first kappa shape index (κ1) is 27.2. The maximum atomic E-state index is 13.4. The van der Waals surface area contributed by atoms with E-state index in [1.807, 2.05) is 31.2 Å². The van der Waals surface area contributed by atoms with Crippen LogP contribution in [0.3, 0.4) is 0 Å². The Kier molecular flexibility index (Phi) is 7.22. The van der Waals surface area contributed by atoms with Gasteiger partial charge >= 0.3 is 6.18 Å². The Hall–Kier alpha value is -4.41. The van der Waals surface area contributed by atoms with Gasteiger partial charge in [0.15, 0.2) is 11.4 Å². The van der Waals surface area contributed by atoms with Gasteiger partial charge in [0.2, 0.25) is 0 Å². The third-order valence-electron chi connectivity index (χ3n) is 7.38. The number of aromatic nitrogens is 4. The number of amides is 1. The molecule has 4 aromatic rings. The summed E-state index contributed by atoms with van der Waals surface area (Å²) in [6, 6.07) is 13.0. The minimum absolute atomic E-state index is 0.0651. The van der Waals surface area contributed by atoms with Crippen molar-refractivity contribution in [2.24, 2.45) is 0 Å². The lowest BCUT2D eigenvalue weighted by atomic mass is 9.78. The summed E-state index contributed by atoms with van der Waals surface area (Å²) in [6.45, 7) is 2.15. The van der Waals surface area contributed by atoms with E-state index in [4.69, 9.17) is 0 Å². The van der Waals surface area contributed by atoms with Crippen LogP contribution in [0, 0.1) is 6.92 Å². The molecule has 5 rings (SSSR count). The van der Waals surface area contributed by atoms with Gasteiger partial charge in [-0.3, -0.25) is 14.3 Å². The van der Waals surface area contributed by atoms with Gasteiger partial charge in [-0.2, -0.15) is 23.4 Å². The molecule has 1 fully saturated rings. The minimum atomic E-state index is -4.48. The third-order valence-corrected chi connectivity index (χ3v) is 7.38. The number of aromatic hydroxyl groups is 1. The molecule has 1 saturated carbocycles. The monoisotopic (exact) mass is 551 g/mol. The number of alkyl halides is 3. The van der Waals surface area contributed by atoms with Crippen molar-refractivity contribution in [3.8, 4) is 11.4 Å². The quantitative estimate of drug-likeness (QED) is 0.340. The van der Waals surface area contributed by atoms with Crippen LogP contribution in [0.2, 0.25) is 0 Å². The predicted molar refractivity (Wildman–Crippen MR) is 141 cm³/mol. The van der Waals surface area contributed by atoms with Gasteiger partial charge in [-0.15, -0.1) is 0 Å². The molecule has 0 unspecified atom stereocenters. The molecule has 0 radical (unpaired) electrons. The predicted octanol–water partition coefficient (Wildman–Crippen LogP) is 4.90. The summed E-state index contributed by atoms with van der Waals surface area (Å²) in [7, 11) is 0. The topological polar surface area (TPSA) is 102 Å². The molecule has 2 heterocycles. The van der Waals surface area contributed by atoms with Crippen LogP contribution in [0.5, 0.6) is 5.75 Å². The van der Waals surface area contributed by atoms with Gasteiger partial charge in [0.05, 0.1) is 30.2 Å². The first-order valence-electron chi connectivity index (χ1n) is 12.9. The summed E-state index contributed by atoms with van der Waals surface area (Å²) < 4.78 is 43.2. The highest BCUT2D eigenvalue weighted by molar-refractivity contribution is 5.92. The summed E-state index contributed by atoms with van der Waals surface area (Å²) in [5.74, 6) is -1.44. The number of hydrogen-bond acceptors (Lipinski definition) is 5. The number of aryl methyl sites for hydroxylation is 1. The second-order valence-corrected chi connectivity index (χ2v) is 10.3. The van der Waals surface area contributed by atoms with E-state index in [1.165, 1.54) is 10.7 Å². The molecule has 0 spiro atoms. The summed E-state index contributed by atoms with van der Waals surface area (Å²) in [6.07, 6.45) is 2.82. The second kappa shape index (κ2) is 10.6. The van der Waals surface area contributed by atoms with E-state index in [9.17, 15) is 27.9 Å². The number of rotatable bonds is 7. The van der Waals surface area contributed by atoms with Crippen LogP contribution >= 0.6 is 0 Å². The van der Waals surface area contributed by atoms with Gasteiger partial charge in [0.25, 0.3) is 11.3 Å². The summed E-state index contributed by atoms with van der Waals surface area (Å²) in [5, 5.41) is 21.5. The lowest BCUT2D eigenvalue weighted by molar-refractivity contribution is -0.137. The molecule has 2 aromatic heterocycles. The van der Waals surface area contributed by atoms with Crippen molar-refractivity contribution in [2.75, 3.05) is 0 Å². The Balaban J connectivity index is 1.36. The fourth-order valence-electron chi connectivity index (χ4n) is 5.23. The highest BCUT2D eigenvalue weighted by Gasteiger charge is 2.39. The van der Waals surface area contributed by atoms with Crippen LogP contribution < -0.4 is 10.7 Å². The van der Waals surface area contributed by atoms with Crippen molar-refractivity contribution in [2.45, 2.75) is 57.3 Å². The molecule has 208 valence electrons. The van der Waals surface area contributed by atoms with Crippen LogP contribution in [0.4, 0.5) is 13.2 Å². The SMILES string of the molecule is Cc1ccc(-n2cc(CNC(=O)c3nn(CC4(c5cccc(C(F)(F)F)c5)CCCC4)cc(O)c3=O)cn2)cc1. The third kappa shape index (κ3) is 5.63. The molecule has 1 aliphatic carbocycles. The van der Waals surface area contributed by atoms with Crippen LogP contribution in [0.15, 0.2) is 71.9 Å². The average molecular weight is 552 g/mol. The number of carbonyl (C=O) groups is 1. The standard InChI is InChI=1S/C29H28F3N5O3/c1-19-7-9-23(10-8-19)37-16-20(15-34-37)14-33-27(40)25-26(39)24(38)17-36(35-25)18-28(11-2-3-12-28)21-5-4-6-22(13-21)29(30,31)32/h4-10,13,15-17,38H,2-3,11-12,14,18H2,1H3,(H,33,40). The molecule has 0 atom stereocenters. The molecule has 2 N–H and O–H groups in total. The maximum Gasteiger partial charge on any atom is 0.416 e. The summed E-state index contributed by atoms with van der Waals surface area (Å²) >= 11 is 0. The highest BCUT2D eigenvalue weighted by atomic mass is 19.4. The Morgan fingerprint density at radius 3 is 2.52 bits per heavy atom. The van der Waals surface area contributed by atoms with E-state index in [0.29, 0.717) is 24.0 Å². The second-order valence-electron chi connectivity index (χ2n) is 10.3. The van der Waals surface area contributed by atoms with Crippen molar-refractivity contribution in [3.05, 3.63) is 105 Å². The highest BCUT2D eigenvalue weighted by Crippen LogP contribution is 2.44. The molecule has 0 aliphatic heterocycles. The molecule has 8 nitrogen and oxygen atoms in total. The number of nitrogens with zero attached hydrogens (tertiary/aromatic N) is 4. The van der Waals surface area contributed by atoms with Gasteiger partial charge in [0, 0.05) is 23.7 Å². The van der Waals surface area contributed by atoms with E-state index in [-0.39, 0.29) is 13.1 Å². The Labute approximate surface area is 228 Å². The molecule has 0 saturated heterocycles. The largest absolute Gasteiger partial charge is 0.503 e. The number of benzene rings is 2. The number of hydrogen-bond donors (Lipinski definition) is 2. The van der Waals surface area contributed by atoms with Gasteiger partial charge in [-0.1, -0.05) is 48.7 Å². The zero-order chi connectivity index (χ0) is 28.5. The number of carbonyl (C=O) groups excluding carboxylic acids is 1. The minimum Gasteiger partial charge on any atom is -0.503 e. The zero-order valence-corrected chi connectivity index (χ0v) is 21.8. The molecular weight excluding hydrogens is 523 g/mol. The van der Waals surface area contributed by atoms with E-state index in [2.05, 4.69) is 15.5 Å². The lowest BCUT2D eigenvalue weighted by Crippen LogP contribution is -2.34. The molecule has 1 aliphatic rings. The first-order valence-corrected chi connectivity index (χ1v) is 12.9. The Morgan fingerprint density at radius 2 is 1.82 bits per heavy atom. The van der Waals surface area contributed by atoms with Crippen molar-refractivity contribution in [1.82, 2.24) is 24.9 Å². The fraction of sp³-hybridized carbons (Fsp3) is 0.310. The van der Waals surface area contributed by atoms with E-state index >= 15 is 0 Å². The van der Waals surface area contributed by atoms with Gasteiger partial charge in [0.1, 0.15) is 0 Å².